The van der Waals surface area contributed by atoms with Crippen LogP contribution in [0.3, 0.4) is 0 Å². The van der Waals surface area contributed by atoms with Crippen LogP contribution < -0.4 is 9.47 Å². The lowest BCUT2D eigenvalue weighted by molar-refractivity contribution is -0.134. The predicted molar refractivity (Wildman–Crippen MR) is 108 cm³/mol. The Hall–Kier alpha value is -3.32. The second-order valence-electron chi connectivity index (χ2n) is 6.36. The van der Waals surface area contributed by atoms with E-state index in [0.29, 0.717) is 22.1 Å². The van der Waals surface area contributed by atoms with Crippen molar-refractivity contribution in [3.05, 3.63) is 64.2 Å². The maximum Gasteiger partial charge on any atom is 0.333 e. The number of urea groups is 1. The number of amides is 4. The van der Waals surface area contributed by atoms with Gasteiger partial charge in [-0.05, 0) is 29.8 Å². The van der Waals surface area contributed by atoms with Gasteiger partial charge in [0, 0.05) is 24.7 Å². The molecule has 1 heterocycles. The standard InChI is InChI=1S/C21H19ClN2O5/c1-23-19(25)15(20(26)24(2)21(23)27)10-13-8-9-17(18(11-13)28-3)29-12-14-6-4-5-7-16(14)22/h4-11H,12H2,1-3H3. The highest BCUT2D eigenvalue weighted by Crippen LogP contribution is 2.31. The lowest BCUT2D eigenvalue weighted by atomic mass is 10.1. The van der Waals surface area contributed by atoms with E-state index in [1.165, 1.54) is 27.3 Å². The number of methoxy groups -OCH3 is 1. The molecule has 1 aliphatic heterocycles. The quantitative estimate of drug-likeness (QED) is 0.554. The molecule has 29 heavy (non-hydrogen) atoms. The zero-order valence-electron chi connectivity index (χ0n) is 16.1. The van der Waals surface area contributed by atoms with Gasteiger partial charge in [0.15, 0.2) is 11.5 Å². The molecule has 0 N–H and O–H groups in total. The van der Waals surface area contributed by atoms with Crippen LogP contribution in [0, 0.1) is 0 Å². The molecule has 2 aromatic carbocycles. The van der Waals surface area contributed by atoms with Gasteiger partial charge in [0.1, 0.15) is 12.2 Å². The first-order valence-electron chi connectivity index (χ1n) is 8.69. The van der Waals surface area contributed by atoms with Crippen LogP contribution in [-0.4, -0.2) is 48.9 Å². The Morgan fingerprint density at radius 1 is 0.966 bits per heavy atom. The normalized spacial score (nSPS) is 14.3. The summed E-state index contributed by atoms with van der Waals surface area (Å²) in [5.41, 5.74) is 1.28. The number of nitrogens with zero attached hydrogens (tertiary/aromatic N) is 2. The molecular weight excluding hydrogens is 396 g/mol. The van der Waals surface area contributed by atoms with E-state index in [0.717, 1.165) is 15.4 Å². The van der Waals surface area contributed by atoms with Crippen molar-refractivity contribution in [3.8, 4) is 11.5 Å². The molecule has 0 saturated carbocycles. The van der Waals surface area contributed by atoms with Crippen LogP contribution in [0.2, 0.25) is 5.02 Å². The van der Waals surface area contributed by atoms with Crippen molar-refractivity contribution < 1.29 is 23.9 Å². The predicted octanol–water partition coefficient (Wildman–Crippen LogP) is 3.36. The maximum atomic E-state index is 12.3. The van der Waals surface area contributed by atoms with Gasteiger partial charge in [-0.2, -0.15) is 0 Å². The number of halogens is 1. The Morgan fingerprint density at radius 3 is 2.24 bits per heavy atom. The summed E-state index contributed by atoms with van der Waals surface area (Å²) in [5, 5.41) is 0.602. The Labute approximate surface area is 173 Å². The summed E-state index contributed by atoms with van der Waals surface area (Å²) in [6, 6.07) is 11.7. The van der Waals surface area contributed by atoms with Crippen molar-refractivity contribution in [3.63, 3.8) is 0 Å². The summed E-state index contributed by atoms with van der Waals surface area (Å²) in [6.07, 6.45) is 1.42. The SMILES string of the molecule is COc1cc(C=C2C(=O)N(C)C(=O)N(C)C2=O)ccc1OCc1ccccc1Cl. The number of imide groups is 2. The minimum atomic E-state index is -0.668. The number of likely N-dealkylation sites (N-methyl/N-ethyl adjacent to an activating group) is 2. The van der Waals surface area contributed by atoms with Crippen LogP contribution in [0.25, 0.3) is 6.08 Å². The summed E-state index contributed by atoms with van der Waals surface area (Å²) in [4.78, 5) is 38.3. The molecule has 0 bridgehead atoms. The number of benzene rings is 2. The number of ether oxygens (including phenoxy) is 2. The number of carbonyl (C=O) groups is 3. The van der Waals surface area contributed by atoms with Gasteiger partial charge < -0.3 is 9.47 Å². The third-order valence-corrected chi connectivity index (χ3v) is 4.85. The lowest BCUT2D eigenvalue weighted by Gasteiger charge is -2.28. The molecule has 1 fully saturated rings. The Bertz CT molecular complexity index is 992. The minimum absolute atomic E-state index is 0.110. The molecular formula is C21H19ClN2O5. The largest absolute Gasteiger partial charge is 0.493 e. The van der Waals surface area contributed by atoms with E-state index in [4.69, 9.17) is 21.1 Å². The molecule has 0 radical (unpaired) electrons. The molecule has 0 spiro atoms. The molecule has 150 valence electrons. The molecule has 4 amide bonds. The topological polar surface area (TPSA) is 76.2 Å². The van der Waals surface area contributed by atoms with Gasteiger partial charge in [0.05, 0.1) is 7.11 Å². The fourth-order valence-electron chi connectivity index (χ4n) is 2.81. The van der Waals surface area contributed by atoms with E-state index in [-0.39, 0.29) is 12.2 Å². The van der Waals surface area contributed by atoms with E-state index in [1.54, 1.807) is 24.3 Å². The fraction of sp³-hybridized carbons (Fsp3) is 0.190. The van der Waals surface area contributed by atoms with Crippen LogP contribution in [0.4, 0.5) is 4.79 Å². The molecule has 0 aliphatic carbocycles. The van der Waals surface area contributed by atoms with Crippen LogP contribution in [0.1, 0.15) is 11.1 Å². The molecule has 0 atom stereocenters. The van der Waals surface area contributed by atoms with Gasteiger partial charge in [0.25, 0.3) is 11.8 Å². The van der Waals surface area contributed by atoms with Crippen LogP contribution >= 0.6 is 11.6 Å². The van der Waals surface area contributed by atoms with Gasteiger partial charge in [-0.15, -0.1) is 0 Å². The summed E-state index contributed by atoms with van der Waals surface area (Å²) in [5.74, 6) is -0.396. The van der Waals surface area contributed by atoms with Crippen molar-refractivity contribution in [2.24, 2.45) is 0 Å². The molecule has 0 aromatic heterocycles. The number of hydrogen-bond donors (Lipinski definition) is 0. The van der Waals surface area contributed by atoms with Crippen molar-refractivity contribution >= 4 is 35.5 Å². The second kappa shape index (κ2) is 8.36. The number of rotatable bonds is 5. The zero-order chi connectivity index (χ0) is 21.1. The highest BCUT2D eigenvalue weighted by molar-refractivity contribution is 6.31. The molecule has 8 heteroatoms. The first-order valence-corrected chi connectivity index (χ1v) is 9.07. The summed E-state index contributed by atoms with van der Waals surface area (Å²) in [7, 11) is 4.15. The molecule has 1 aliphatic rings. The number of barbiturate groups is 1. The molecule has 2 aromatic rings. The fourth-order valence-corrected chi connectivity index (χ4v) is 3.00. The van der Waals surface area contributed by atoms with Gasteiger partial charge in [-0.1, -0.05) is 35.9 Å². The van der Waals surface area contributed by atoms with Crippen molar-refractivity contribution in [1.82, 2.24) is 9.80 Å². The van der Waals surface area contributed by atoms with Crippen molar-refractivity contribution in [2.75, 3.05) is 21.2 Å². The first-order chi connectivity index (χ1) is 13.8. The van der Waals surface area contributed by atoms with E-state index in [9.17, 15) is 14.4 Å². The molecule has 3 rings (SSSR count). The lowest BCUT2D eigenvalue weighted by Crippen LogP contribution is -2.52. The van der Waals surface area contributed by atoms with E-state index >= 15 is 0 Å². The highest BCUT2D eigenvalue weighted by atomic mass is 35.5. The second-order valence-corrected chi connectivity index (χ2v) is 6.77. The monoisotopic (exact) mass is 414 g/mol. The van der Waals surface area contributed by atoms with Gasteiger partial charge in [0.2, 0.25) is 0 Å². The maximum absolute atomic E-state index is 12.3. The summed E-state index contributed by atoms with van der Waals surface area (Å²) < 4.78 is 11.2. The highest BCUT2D eigenvalue weighted by Gasteiger charge is 2.37. The van der Waals surface area contributed by atoms with Crippen LogP contribution in [-0.2, 0) is 16.2 Å². The van der Waals surface area contributed by atoms with Gasteiger partial charge >= 0.3 is 6.03 Å². The molecule has 0 unspecified atom stereocenters. The number of carbonyl (C=O) groups excluding carboxylic acids is 3. The Balaban J connectivity index is 1.86. The zero-order valence-corrected chi connectivity index (χ0v) is 16.9. The van der Waals surface area contributed by atoms with E-state index < -0.39 is 17.8 Å². The molecule has 7 nitrogen and oxygen atoms in total. The van der Waals surface area contributed by atoms with Crippen LogP contribution in [0.5, 0.6) is 11.5 Å². The minimum Gasteiger partial charge on any atom is -0.493 e. The summed E-state index contributed by atoms with van der Waals surface area (Å²) >= 11 is 6.14. The number of hydrogen-bond acceptors (Lipinski definition) is 5. The third kappa shape index (κ3) is 4.09. The van der Waals surface area contributed by atoms with E-state index in [2.05, 4.69) is 0 Å². The third-order valence-electron chi connectivity index (χ3n) is 4.48. The van der Waals surface area contributed by atoms with Crippen molar-refractivity contribution in [1.29, 1.82) is 0 Å². The summed E-state index contributed by atoms with van der Waals surface area (Å²) in [6.45, 7) is 0.255. The van der Waals surface area contributed by atoms with Gasteiger partial charge in [-0.3, -0.25) is 19.4 Å². The van der Waals surface area contributed by atoms with E-state index in [1.807, 2.05) is 18.2 Å². The average Bonchev–Trinajstić information content (AvgIpc) is 2.73. The Kier molecular flexibility index (Phi) is 5.89. The van der Waals surface area contributed by atoms with Gasteiger partial charge in [-0.25, -0.2) is 4.79 Å². The smallest absolute Gasteiger partial charge is 0.333 e. The first kappa shape index (κ1) is 20.4. The van der Waals surface area contributed by atoms with Crippen LogP contribution in [0.15, 0.2) is 48.0 Å². The molecule has 1 saturated heterocycles. The Morgan fingerprint density at radius 2 is 1.62 bits per heavy atom. The average molecular weight is 415 g/mol. The van der Waals surface area contributed by atoms with Crippen molar-refractivity contribution in [2.45, 2.75) is 6.61 Å².